The summed E-state index contributed by atoms with van der Waals surface area (Å²) in [6.45, 7) is 1.71. The second-order valence-corrected chi connectivity index (χ2v) is 10.4. The number of methoxy groups -OCH3 is 1. The van der Waals surface area contributed by atoms with E-state index in [4.69, 9.17) is 9.26 Å². The van der Waals surface area contributed by atoms with Crippen molar-refractivity contribution < 1.29 is 18.6 Å². The molecule has 0 aliphatic carbocycles. The molecule has 32 heavy (non-hydrogen) atoms. The van der Waals surface area contributed by atoms with Crippen molar-refractivity contribution in [2.45, 2.75) is 18.7 Å². The van der Waals surface area contributed by atoms with E-state index < -0.39 is 25.0 Å². The van der Waals surface area contributed by atoms with E-state index in [0.717, 1.165) is 16.7 Å². The largest absolute Gasteiger partial charge is 0.469 e. The van der Waals surface area contributed by atoms with Crippen molar-refractivity contribution in [2.24, 2.45) is 5.92 Å². The quantitative estimate of drug-likeness (QED) is 0.312. The van der Waals surface area contributed by atoms with Gasteiger partial charge in [0.25, 0.3) is 0 Å². The zero-order chi connectivity index (χ0) is 23.0. The maximum absolute atomic E-state index is 14.2. The molecule has 0 amide bonds. The lowest BCUT2D eigenvalue weighted by molar-refractivity contribution is -0.144. The lowest BCUT2D eigenvalue weighted by atomic mass is 9.98. The van der Waals surface area contributed by atoms with E-state index in [0.29, 0.717) is 0 Å². The smallest absolute Gasteiger partial charge is 0.308 e. The van der Waals surface area contributed by atoms with Gasteiger partial charge in [-0.25, -0.2) is 0 Å². The van der Waals surface area contributed by atoms with Crippen LogP contribution in [0.5, 0.6) is 0 Å². The average Bonchev–Trinajstić information content (AvgIpc) is 2.85. The van der Waals surface area contributed by atoms with Gasteiger partial charge in [-0.2, -0.15) is 0 Å². The van der Waals surface area contributed by atoms with Gasteiger partial charge in [-0.15, -0.1) is 0 Å². The first-order valence-electron chi connectivity index (χ1n) is 10.6. The molecule has 3 rings (SSSR count). The summed E-state index contributed by atoms with van der Waals surface area (Å²) in [6, 6.07) is 29.4. The Hall–Kier alpha value is -2.72. The second-order valence-electron chi connectivity index (χ2n) is 7.75. The van der Waals surface area contributed by atoms with Gasteiger partial charge >= 0.3 is 5.97 Å². The Morgan fingerprint density at radius 3 is 1.66 bits per heavy atom. The molecule has 0 aliphatic heterocycles. The van der Waals surface area contributed by atoms with Crippen molar-refractivity contribution in [3.63, 3.8) is 0 Å². The number of carbonyl (C=O) groups is 1. The molecule has 1 unspecified atom stereocenters. The number of esters is 1. The molecule has 0 aliphatic rings. The molecule has 3 atom stereocenters. The summed E-state index contributed by atoms with van der Waals surface area (Å²) in [5, 5.41) is 3.62. The van der Waals surface area contributed by atoms with Crippen LogP contribution in [0.15, 0.2) is 91.0 Å². The molecule has 0 fully saturated rings. The Balaban J connectivity index is 2.06. The zero-order valence-corrected chi connectivity index (χ0v) is 19.6. The van der Waals surface area contributed by atoms with Gasteiger partial charge in [0.15, 0.2) is 0 Å². The molecule has 0 saturated carbocycles. The maximum Gasteiger partial charge on any atom is 0.308 e. The first-order valence-corrected chi connectivity index (χ1v) is 12.5. The number of carbonyl (C=O) groups excluding carboxylic acids is 1. The van der Waals surface area contributed by atoms with E-state index in [9.17, 15) is 9.36 Å². The Bertz CT molecular complexity index is 988. The van der Waals surface area contributed by atoms with Crippen LogP contribution in [0.1, 0.15) is 35.4 Å². The number of rotatable bonds is 10. The highest BCUT2D eigenvalue weighted by atomic mass is 31.2. The molecular weight excluding hydrogens is 421 g/mol. The van der Waals surface area contributed by atoms with Crippen LogP contribution in [0, 0.1) is 5.92 Å². The predicted molar refractivity (Wildman–Crippen MR) is 128 cm³/mol. The normalized spacial score (nSPS) is 15.0. The number of ether oxygens (including phenoxy) is 1. The highest BCUT2D eigenvalue weighted by Crippen LogP contribution is 2.60. The molecule has 168 valence electrons. The molecule has 0 heterocycles. The van der Waals surface area contributed by atoms with Crippen LogP contribution in [0.3, 0.4) is 0 Å². The van der Waals surface area contributed by atoms with Gasteiger partial charge in [0.1, 0.15) is 5.78 Å². The fourth-order valence-electron chi connectivity index (χ4n) is 3.85. The molecule has 0 radical (unpaired) electrons. The number of hydrogen-bond donors (Lipinski definition) is 1. The minimum absolute atomic E-state index is 0.0685. The highest BCUT2D eigenvalue weighted by Gasteiger charge is 2.39. The predicted octanol–water partition coefficient (Wildman–Crippen LogP) is 5.80. The third-order valence-corrected chi connectivity index (χ3v) is 8.45. The minimum Gasteiger partial charge on any atom is -0.469 e. The molecule has 0 aromatic heterocycles. The van der Waals surface area contributed by atoms with E-state index in [1.165, 1.54) is 14.2 Å². The standard InChI is InChI=1S/C26H30NO4P/c1-20(26(28)30-2)19-32(29,31-3)25(23-17-11-6-12-18-23)27-24(21-13-7-4-8-14-21)22-15-9-5-10-16-22/h4-18,20,24-25,27H,19H2,1-3H3/t20-,25-,32?/m0/s1. The van der Waals surface area contributed by atoms with Gasteiger partial charge in [-0.05, 0) is 16.7 Å². The first-order chi connectivity index (χ1) is 15.5. The molecule has 3 aromatic rings. The summed E-state index contributed by atoms with van der Waals surface area (Å²) in [6.07, 6.45) is 0.0685. The van der Waals surface area contributed by atoms with Crippen molar-refractivity contribution >= 4 is 13.3 Å². The van der Waals surface area contributed by atoms with Crippen molar-refractivity contribution in [1.82, 2.24) is 5.32 Å². The molecule has 0 bridgehead atoms. The average molecular weight is 452 g/mol. The second kappa shape index (κ2) is 11.2. The molecule has 1 N–H and O–H groups in total. The van der Waals surface area contributed by atoms with Crippen LogP contribution in [-0.4, -0.2) is 26.4 Å². The van der Waals surface area contributed by atoms with Crippen molar-refractivity contribution in [1.29, 1.82) is 0 Å². The van der Waals surface area contributed by atoms with Crippen molar-refractivity contribution in [3.05, 3.63) is 108 Å². The summed E-state index contributed by atoms with van der Waals surface area (Å²) >= 11 is 0. The molecule has 6 heteroatoms. The lowest BCUT2D eigenvalue weighted by Gasteiger charge is -2.33. The summed E-state index contributed by atoms with van der Waals surface area (Å²) in [5.41, 5.74) is 2.93. The molecule has 3 aromatic carbocycles. The fraction of sp³-hybridized carbons (Fsp3) is 0.269. The van der Waals surface area contributed by atoms with Crippen LogP contribution in [0.25, 0.3) is 0 Å². The maximum atomic E-state index is 14.2. The summed E-state index contributed by atoms with van der Waals surface area (Å²) in [4.78, 5) is 12.1. The Morgan fingerprint density at radius 1 is 0.812 bits per heavy atom. The zero-order valence-electron chi connectivity index (χ0n) is 18.7. The molecule has 0 saturated heterocycles. The Morgan fingerprint density at radius 2 is 1.25 bits per heavy atom. The van der Waals surface area contributed by atoms with E-state index in [1.807, 2.05) is 91.0 Å². The van der Waals surface area contributed by atoms with Crippen molar-refractivity contribution in [3.8, 4) is 0 Å². The topological polar surface area (TPSA) is 64.6 Å². The monoisotopic (exact) mass is 451 g/mol. The molecular formula is C26H30NO4P. The minimum atomic E-state index is -3.36. The van der Waals surface area contributed by atoms with Gasteiger partial charge in [0.2, 0.25) is 7.37 Å². The van der Waals surface area contributed by atoms with Gasteiger partial charge < -0.3 is 9.26 Å². The van der Waals surface area contributed by atoms with Crippen LogP contribution in [0.4, 0.5) is 0 Å². The van der Waals surface area contributed by atoms with Gasteiger partial charge in [-0.3, -0.25) is 14.7 Å². The fourth-order valence-corrected chi connectivity index (χ4v) is 6.33. The SMILES string of the molecule is COC(=O)[C@@H](C)CP(=O)(OC)[C@H](NC(c1ccccc1)c1ccccc1)c1ccccc1. The van der Waals surface area contributed by atoms with Crippen molar-refractivity contribution in [2.75, 3.05) is 20.4 Å². The van der Waals surface area contributed by atoms with Gasteiger partial charge in [0, 0.05) is 13.3 Å². The van der Waals surface area contributed by atoms with Crippen LogP contribution in [0.2, 0.25) is 0 Å². The molecule has 0 spiro atoms. The number of nitrogens with one attached hydrogen (secondary N) is 1. The Labute approximate surface area is 190 Å². The van der Waals surface area contributed by atoms with Crippen LogP contribution >= 0.6 is 7.37 Å². The third kappa shape index (κ3) is 5.74. The number of benzene rings is 3. The third-order valence-electron chi connectivity index (χ3n) is 5.54. The van der Waals surface area contributed by atoms with Gasteiger partial charge in [-0.1, -0.05) is 97.9 Å². The van der Waals surface area contributed by atoms with E-state index in [1.54, 1.807) is 6.92 Å². The van der Waals surface area contributed by atoms with E-state index in [2.05, 4.69) is 5.32 Å². The molecule has 5 nitrogen and oxygen atoms in total. The summed E-state index contributed by atoms with van der Waals surface area (Å²) in [7, 11) is -0.578. The summed E-state index contributed by atoms with van der Waals surface area (Å²) in [5.74, 6) is -1.59. The first kappa shape index (κ1) is 23.9. The van der Waals surface area contributed by atoms with Crippen LogP contribution < -0.4 is 5.32 Å². The highest BCUT2D eigenvalue weighted by molar-refractivity contribution is 7.59. The Kier molecular flexibility index (Phi) is 8.40. The van der Waals surface area contributed by atoms with E-state index >= 15 is 0 Å². The lowest BCUT2D eigenvalue weighted by Crippen LogP contribution is -2.30. The number of hydrogen-bond acceptors (Lipinski definition) is 5. The van der Waals surface area contributed by atoms with E-state index in [-0.39, 0.29) is 12.2 Å². The summed E-state index contributed by atoms with van der Waals surface area (Å²) < 4.78 is 24.8. The van der Waals surface area contributed by atoms with Crippen LogP contribution in [-0.2, 0) is 18.6 Å². The van der Waals surface area contributed by atoms with Gasteiger partial charge in [0.05, 0.1) is 19.1 Å².